The molecule has 1 aliphatic carbocycles. The average molecular weight is 238 g/mol. The van der Waals surface area contributed by atoms with Gasteiger partial charge in [0.25, 0.3) is 0 Å². The molecule has 94 valence electrons. The first-order valence-corrected chi connectivity index (χ1v) is 6.30. The second-order valence-corrected chi connectivity index (χ2v) is 4.85. The van der Waals surface area contributed by atoms with Gasteiger partial charge in [-0.15, -0.1) is 5.10 Å². The Morgan fingerprint density at radius 1 is 1.24 bits per heavy atom. The normalized spacial score (nSPS) is 22.1. The van der Waals surface area contributed by atoms with E-state index in [-0.39, 0.29) is 6.10 Å². The number of hydrogen-bond donors (Lipinski definition) is 2. The lowest BCUT2D eigenvalue weighted by atomic mass is 10.1. The van der Waals surface area contributed by atoms with Crippen LogP contribution >= 0.6 is 0 Å². The van der Waals surface area contributed by atoms with Gasteiger partial charge in [-0.25, -0.2) is 0 Å². The number of aromatic nitrogens is 2. The second-order valence-electron chi connectivity index (χ2n) is 4.85. The molecule has 2 N–H and O–H groups in total. The molecule has 6 heteroatoms. The van der Waals surface area contributed by atoms with Gasteiger partial charge in [-0.1, -0.05) is 5.10 Å². The highest BCUT2D eigenvalue weighted by Crippen LogP contribution is 2.21. The number of aliphatic hydroxyl groups excluding tert-OH is 1. The first kappa shape index (κ1) is 11.0. The van der Waals surface area contributed by atoms with Crippen molar-refractivity contribution in [2.75, 3.05) is 18.0 Å². The zero-order valence-electron chi connectivity index (χ0n) is 9.80. The molecule has 0 unspecified atom stereocenters. The Morgan fingerprint density at radius 2 is 2.00 bits per heavy atom. The Hall–Kier alpha value is -1.14. The summed E-state index contributed by atoms with van der Waals surface area (Å²) in [6.07, 6.45) is 3.89. The van der Waals surface area contributed by atoms with Gasteiger partial charge in [-0.2, -0.15) is 0 Å². The van der Waals surface area contributed by atoms with Crippen molar-refractivity contribution >= 4 is 6.01 Å². The Balaban J connectivity index is 1.55. The minimum Gasteiger partial charge on any atom is -0.407 e. The molecule has 1 aromatic heterocycles. The lowest BCUT2D eigenvalue weighted by Crippen LogP contribution is -2.35. The SMILES string of the molecule is OC1CCN(c2nnc(CNC3CC3)o2)CC1. The fourth-order valence-corrected chi connectivity index (χ4v) is 2.02. The monoisotopic (exact) mass is 238 g/mol. The molecule has 17 heavy (non-hydrogen) atoms. The maximum Gasteiger partial charge on any atom is 0.318 e. The summed E-state index contributed by atoms with van der Waals surface area (Å²) in [7, 11) is 0. The van der Waals surface area contributed by atoms with Crippen molar-refractivity contribution in [1.82, 2.24) is 15.5 Å². The fraction of sp³-hybridized carbons (Fsp3) is 0.818. The highest BCUT2D eigenvalue weighted by Gasteiger charge is 2.23. The predicted octanol–water partition coefficient (Wildman–Crippen LogP) is 0.283. The number of nitrogens with zero attached hydrogens (tertiary/aromatic N) is 3. The summed E-state index contributed by atoms with van der Waals surface area (Å²) < 4.78 is 5.60. The Morgan fingerprint density at radius 3 is 2.71 bits per heavy atom. The topological polar surface area (TPSA) is 74.4 Å². The number of anilines is 1. The molecule has 0 spiro atoms. The van der Waals surface area contributed by atoms with E-state index in [2.05, 4.69) is 15.5 Å². The van der Waals surface area contributed by atoms with Crippen LogP contribution < -0.4 is 10.2 Å². The molecule has 3 rings (SSSR count). The van der Waals surface area contributed by atoms with Crippen LogP contribution in [0, 0.1) is 0 Å². The van der Waals surface area contributed by atoms with E-state index >= 15 is 0 Å². The van der Waals surface area contributed by atoms with Crippen LogP contribution in [-0.2, 0) is 6.54 Å². The molecule has 1 aliphatic heterocycles. The van der Waals surface area contributed by atoms with Crippen molar-refractivity contribution in [3.05, 3.63) is 5.89 Å². The smallest absolute Gasteiger partial charge is 0.318 e. The van der Waals surface area contributed by atoms with E-state index < -0.39 is 0 Å². The summed E-state index contributed by atoms with van der Waals surface area (Å²) in [4.78, 5) is 2.04. The highest BCUT2D eigenvalue weighted by atomic mass is 16.4. The van der Waals surface area contributed by atoms with Crippen molar-refractivity contribution in [3.8, 4) is 0 Å². The molecule has 1 saturated carbocycles. The first-order valence-electron chi connectivity index (χ1n) is 6.30. The maximum atomic E-state index is 9.43. The van der Waals surface area contributed by atoms with Gasteiger partial charge in [-0.3, -0.25) is 0 Å². The standard InChI is InChI=1S/C11H18N4O2/c16-9-3-5-15(6-4-9)11-14-13-10(17-11)7-12-8-1-2-8/h8-9,12,16H,1-7H2. The number of piperidine rings is 1. The number of aliphatic hydroxyl groups is 1. The van der Waals surface area contributed by atoms with Crippen LogP contribution in [0.2, 0.25) is 0 Å². The summed E-state index contributed by atoms with van der Waals surface area (Å²) in [5.41, 5.74) is 0. The van der Waals surface area contributed by atoms with Crippen molar-refractivity contribution in [3.63, 3.8) is 0 Å². The van der Waals surface area contributed by atoms with Gasteiger partial charge in [0, 0.05) is 19.1 Å². The van der Waals surface area contributed by atoms with Crippen LogP contribution in [0.15, 0.2) is 4.42 Å². The van der Waals surface area contributed by atoms with Crippen LogP contribution in [0.25, 0.3) is 0 Å². The zero-order valence-corrected chi connectivity index (χ0v) is 9.80. The molecule has 0 aromatic carbocycles. The van der Waals surface area contributed by atoms with Gasteiger partial charge in [0.2, 0.25) is 5.89 Å². The molecule has 0 radical (unpaired) electrons. The zero-order chi connectivity index (χ0) is 11.7. The minimum atomic E-state index is -0.176. The molecular formula is C11H18N4O2. The van der Waals surface area contributed by atoms with Crippen molar-refractivity contribution in [1.29, 1.82) is 0 Å². The summed E-state index contributed by atoms with van der Waals surface area (Å²) in [5.74, 6) is 0.651. The van der Waals surface area contributed by atoms with Gasteiger partial charge >= 0.3 is 6.01 Å². The molecule has 2 heterocycles. The molecule has 0 amide bonds. The summed E-state index contributed by atoms with van der Waals surface area (Å²) in [6, 6.07) is 1.24. The molecule has 1 saturated heterocycles. The summed E-state index contributed by atoms with van der Waals surface area (Å²) in [6.45, 7) is 2.24. The van der Waals surface area contributed by atoms with Crippen LogP contribution in [-0.4, -0.2) is 40.5 Å². The molecule has 0 bridgehead atoms. The third kappa shape index (κ3) is 2.76. The first-order chi connectivity index (χ1) is 8.31. The Labute approximate surface area is 100 Å². The minimum absolute atomic E-state index is 0.176. The largest absolute Gasteiger partial charge is 0.407 e. The average Bonchev–Trinajstić information content (AvgIpc) is 3.06. The molecule has 1 aromatic rings. The number of hydrogen-bond acceptors (Lipinski definition) is 6. The van der Waals surface area contributed by atoms with Gasteiger partial charge in [0.15, 0.2) is 0 Å². The van der Waals surface area contributed by atoms with E-state index in [4.69, 9.17) is 4.42 Å². The Bertz CT molecular complexity index is 369. The number of rotatable bonds is 4. The van der Waals surface area contributed by atoms with Crippen LogP contribution in [0.3, 0.4) is 0 Å². The van der Waals surface area contributed by atoms with E-state index in [1.807, 2.05) is 4.90 Å². The quantitative estimate of drug-likeness (QED) is 0.785. The van der Waals surface area contributed by atoms with E-state index in [1.165, 1.54) is 12.8 Å². The van der Waals surface area contributed by atoms with Crippen LogP contribution in [0.4, 0.5) is 6.01 Å². The van der Waals surface area contributed by atoms with Crippen molar-refractivity contribution in [2.24, 2.45) is 0 Å². The van der Waals surface area contributed by atoms with Crippen LogP contribution in [0.1, 0.15) is 31.6 Å². The third-order valence-corrected chi connectivity index (χ3v) is 3.31. The lowest BCUT2D eigenvalue weighted by Gasteiger charge is -2.27. The van der Waals surface area contributed by atoms with Crippen LogP contribution in [0.5, 0.6) is 0 Å². The summed E-state index contributed by atoms with van der Waals surface area (Å²) >= 11 is 0. The second kappa shape index (κ2) is 4.62. The molecule has 2 fully saturated rings. The Kier molecular flexibility index (Phi) is 2.98. The number of nitrogens with one attached hydrogen (secondary N) is 1. The lowest BCUT2D eigenvalue weighted by molar-refractivity contribution is 0.144. The summed E-state index contributed by atoms with van der Waals surface area (Å²) in [5, 5.41) is 20.8. The fourth-order valence-electron chi connectivity index (χ4n) is 2.02. The predicted molar refractivity (Wildman–Crippen MR) is 61.6 cm³/mol. The maximum absolute atomic E-state index is 9.43. The molecule has 2 aliphatic rings. The van der Waals surface area contributed by atoms with E-state index in [0.717, 1.165) is 25.9 Å². The highest BCUT2D eigenvalue weighted by molar-refractivity contribution is 5.24. The van der Waals surface area contributed by atoms with Gasteiger partial charge < -0.3 is 19.7 Å². The molecule has 6 nitrogen and oxygen atoms in total. The molecular weight excluding hydrogens is 220 g/mol. The van der Waals surface area contributed by atoms with Gasteiger partial charge in [0.05, 0.1) is 12.6 Å². The third-order valence-electron chi connectivity index (χ3n) is 3.31. The van der Waals surface area contributed by atoms with Crippen molar-refractivity contribution < 1.29 is 9.52 Å². The van der Waals surface area contributed by atoms with E-state index in [0.29, 0.717) is 24.5 Å². The van der Waals surface area contributed by atoms with Gasteiger partial charge in [-0.05, 0) is 25.7 Å². The van der Waals surface area contributed by atoms with Gasteiger partial charge in [0.1, 0.15) is 0 Å². The van der Waals surface area contributed by atoms with Crippen molar-refractivity contribution in [2.45, 2.75) is 44.4 Å². The molecule has 0 atom stereocenters. The van der Waals surface area contributed by atoms with E-state index in [1.54, 1.807) is 0 Å². The van der Waals surface area contributed by atoms with E-state index in [9.17, 15) is 5.11 Å².